The predicted molar refractivity (Wildman–Crippen MR) is 46.4 cm³/mol. The van der Waals surface area contributed by atoms with Crippen LogP contribution in [0.4, 0.5) is 13.2 Å². The number of aromatic nitrogens is 1. The lowest BCUT2D eigenvalue weighted by Gasteiger charge is -2.10. The number of rotatable bonds is 3. The molecular formula is C9H8F3N3. The molecule has 80 valence electrons. The van der Waals surface area contributed by atoms with Gasteiger partial charge in [0.25, 0.3) is 6.43 Å². The number of alkyl halides is 2. The Morgan fingerprint density at radius 2 is 2.13 bits per heavy atom. The lowest BCUT2D eigenvalue weighted by atomic mass is 10.0. The quantitative estimate of drug-likeness (QED) is 0.780. The first-order chi connectivity index (χ1) is 7.11. The summed E-state index contributed by atoms with van der Waals surface area (Å²) in [5.41, 5.74) is 4.67. The van der Waals surface area contributed by atoms with E-state index in [0.29, 0.717) is 0 Å². The van der Waals surface area contributed by atoms with Crippen LogP contribution in [0.15, 0.2) is 6.20 Å². The van der Waals surface area contributed by atoms with Gasteiger partial charge in [0.15, 0.2) is 0 Å². The minimum absolute atomic E-state index is 0.0287. The van der Waals surface area contributed by atoms with E-state index in [9.17, 15) is 13.2 Å². The molecule has 0 aliphatic carbocycles. The third-order valence-corrected chi connectivity index (χ3v) is 1.97. The summed E-state index contributed by atoms with van der Waals surface area (Å²) in [6.07, 6.45) is -2.33. The van der Waals surface area contributed by atoms with Crippen LogP contribution in [-0.4, -0.2) is 4.98 Å². The molecule has 0 fully saturated rings. The molecule has 15 heavy (non-hydrogen) atoms. The molecule has 0 spiro atoms. The van der Waals surface area contributed by atoms with Crippen LogP contribution < -0.4 is 5.73 Å². The van der Waals surface area contributed by atoms with Crippen LogP contribution in [0.1, 0.15) is 23.1 Å². The average Bonchev–Trinajstić information content (AvgIpc) is 2.20. The van der Waals surface area contributed by atoms with Gasteiger partial charge in [-0.2, -0.15) is 9.65 Å². The maximum absolute atomic E-state index is 13.1. The van der Waals surface area contributed by atoms with Gasteiger partial charge in [0.1, 0.15) is 0 Å². The number of nitrogens with two attached hydrogens (primary N) is 1. The highest BCUT2D eigenvalue weighted by Crippen LogP contribution is 2.25. The number of nitrogens with zero attached hydrogens (tertiary/aromatic N) is 2. The largest absolute Gasteiger partial charge is 0.326 e. The van der Waals surface area contributed by atoms with Gasteiger partial charge in [0.2, 0.25) is 5.95 Å². The number of pyridine rings is 1. The van der Waals surface area contributed by atoms with Crippen molar-refractivity contribution in [2.75, 3.05) is 0 Å². The number of halogens is 3. The second-order valence-electron chi connectivity index (χ2n) is 2.80. The molecule has 0 saturated heterocycles. The van der Waals surface area contributed by atoms with E-state index in [1.54, 1.807) is 6.07 Å². The molecule has 1 rings (SSSR count). The smallest absolute Gasteiger partial charge is 0.265 e. The molecule has 0 aromatic carbocycles. The number of hydrogen-bond donors (Lipinski definition) is 1. The van der Waals surface area contributed by atoms with Gasteiger partial charge in [0.05, 0.1) is 12.5 Å². The molecule has 0 atom stereocenters. The van der Waals surface area contributed by atoms with E-state index in [1.807, 2.05) is 0 Å². The molecule has 0 amide bonds. The zero-order chi connectivity index (χ0) is 11.4. The molecule has 0 unspecified atom stereocenters. The fraction of sp³-hybridized carbons (Fsp3) is 0.333. The zero-order valence-corrected chi connectivity index (χ0v) is 7.67. The summed E-state index contributed by atoms with van der Waals surface area (Å²) in [5.74, 6) is -0.915. The molecule has 0 bridgehead atoms. The van der Waals surface area contributed by atoms with E-state index in [2.05, 4.69) is 4.98 Å². The van der Waals surface area contributed by atoms with Crippen molar-refractivity contribution in [1.82, 2.24) is 4.98 Å². The van der Waals surface area contributed by atoms with Crippen molar-refractivity contribution in [3.05, 3.63) is 28.8 Å². The molecule has 1 heterocycles. The van der Waals surface area contributed by atoms with Crippen LogP contribution in [0.5, 0.6) is 0 Å². The Hall–Kier alpha value is -1.61. The van der Waals surface area contributed by atoms with Crippen LogP contribution in [0.25, 0.3) is 0 Å². The van der Waals surface area contributed by atoms with E-state index >= 15 is 0 Å². The van der Waals surface area contributed by atoms with E-state index in [1.165, 1.54) is 0 Å². The van der Waals surface area contributed by atoms with Gasteiger partial charge >= 0.3 is 0 Å². The zero-order valence-electron chi connectivity index (χ0n) is 7.67. The second-order valence-corrected chi connectivity index (χ2v) is 2.80. The van der Waals surface area contributed by atoms with Crippen LogP contribution in [-0.2, 0) is 13.0 Å². The lowest BCUT2D eigenvalue weighted by Crippen LogP contribution is -2.10. The molecule has 3 nitrogen and oxygen atoms in total. The van der Waals surface area contributed by atoms with E-state index in [-0.39, 0.29) is 24.1 Å². The number of hydrogen-bond acceptors (Lipinski definition) is 3. The van der Waals surface area contributed by atoms with Gasteiger partial charge in [-0.3, -0.25) is 0 Å². The van der Waals surface area contributed by atoms with Gasteiger partial charge in [-0.05, 0) is 5.56 Å². The van der Waals surface area contributed by atoms with E-state index in [0.717, 1.165) is 6.20 Å². The first-order valence-corrected chi connectivity index (χ1v) is 4.13. The third-order valence-electron chi connectivity index (χ3n) is 1.97. The van der Waals surface area contributed by atoms with Crippen LogP contribution >= 0.6 is 0 Å². The van der Waals surface area contributed by atoms with Crippen molar-refractivity contribution in [2.45, 2.75) is 19.4 Å². The van der Waals surface area contributed by atoms with Gasteiger partial charge in [-0.15, -0.1) is 0 Å². The fourth-order valence-corrected chi connectivity index (χ4v) is 1.27. The van der Waals surface area contributed by atoms with Crippen molar-refractivity contribution in [2.24, 2.45) is 5.73 Å². The normalized spacial score (nSPS) is 10.4. The maximum atomic E-state index is 13.1. The minimum Gasteiger partial charge on any atom is -0.326 e. The first-order valence-electron chi connectivity index (χ1n) is 4.13. The molecule has 6 heteroatoms. The Balaban J connectivity index is 3.34. The summed E-state index contributed by atoms with van der Waals surface area (Å²) in [4.78, 5) is 3.17. The van der Waals surface area contributed by atoms with Crippen molar-refractivity contribution in [3.8, 4) is 6.07 Å². The summed E-state index contributed by atoms with van der Waals surface area (Å²) in [6, 6.07) is 1.69. The van der Waals surface area contributed by atoms with Crippen LogP contribution in [0, 0.1) is 17.3 Å². The summed E-state index contributed by atoms with van der Waals surface area (Å²) < 4.78 is 38.0. The standard InChI is InChI=1S/C9H8F3N3/c10-8(11)7-4-15-9(12)5(1-2-13)6(7)3-14/h4,8H,1,3,14H2. The van der Waals surface area contributed by atoms with Crippen molar-refractivity contribution in [1.29, 1.82) is 5.26 Å². The highest BCUT2D eigenvalue weighted by atomic mass is 19.3. The monoisotopic (exact) mass is 215 g/mol. The van der Waals surface area contributed by atoms with Gasteiger partial charge in [-0.25, -0.2) is 13.8 Å². The van der Waals surface area contributed by atoms with Crippen LogP contribution in [0.3, 0.4) is 0 Å². The highest BCUT2D eigenvalue weighted by Gasteiger charge is 2.19. The lowest BCUT2D eigenvalue weighted by molar-refractivity contribution is 0.149. The summed E-state index contributed by atoms with van der Waals surface area (Å²) in [7, 11) is 0. The van der Waals surface area contributed by atoms with Crippen molar-refractivity contribution >= 4 is 0 Å². The first kappa shape index (κ1) is 11.5. The highest BCUT2D eigenvalue weighted by molar-refractivity contribution is 5.35. The van der Waals surface area contributed by atoms with Crippen molar-refractivity contribution < 1.29 is 13.2 Å². The van der Waals surface area contributed by atoms with Gasteiger partial charge in [-0.1, -0.05) is 0 Å². The van der Waals surface area contributed by atoms with Gasteiger partial charge < -0.3 is 5.73 Å². The molecule has 1 aromatic heterocycles. The molecular weight excluding hydrogens is 207 g/mol. The fourth-order valence-electron chi connectivity index (χ4n) is 1.27. The van der Waals surface area contributed by atoms with Gasteiger partial charge in [0, 0.05) is 23.9 Å². The van der Waals surface area contributed by atoms with E-state index in [4.69, 9.17) is 11.0 Å². The van der Waals surface area contributed by atoms with Crippen molar-refractivity contribution in [3.63, 3.8) is 0 Å². The Kier molecular flexibility index (Phi) is 3.63. The Bertz CT molecular complexity index is 398. The molecule has 1 aromatic rings. The second kappa shape index (κ2) is 4.75. The Morgan fingerprint density at radius 3 is 2.60 bits per heavy atom. The minimum atomic E-state index is -2.77. The molecule has 0 radical (unpaired) electrons. The summed E-state index contributed by atoms with van der Waals surface area (Å²) in [6.45, 7) is -0.240. The molecule has 0 saturated carbocycles. The molecule has 0 aliphatic rings. The van der Waals surface area contributed by atoms with Crippen LogP contribution in [0.2, 0.25) is 0 Å². The maximum Gasteiger partial charge on any atom is 0.265 e. The summed E-state index contributed by atoms with van der Waals surface area (Å²) in [5, 5.41) is 8.42. The predicted octanol–water partition coefficient (Wildman–Crippen LogP) is 1.68. The average molecular weight is 215 g/mol. The topological polar surface area (TPSA) is 62.7 Å². The molecule has 0 aliphatic heterocycles. The Labute approximate surface area is 84.3 Å². The SMILES string of the molecule is N#CCc1c(F)ncc(C(F)F)c1CN. The van der Waals surface area contributed by atoms with E-state index < -0.39 is 17.9 Å². The third kappa shape index (κ3) is 2.25. The number of nitriles is 1. The molecule has 2 N–H and O–H groups in total. The Morgan fingerprint density at radius 1 is 1.47 bits per heavy atom. The summed E-state index contributed by atoms with van der Waals surface area (Å²) >= 11 is 0.